The van der Waals surface area contributed by atoms with Crippen molar-refractivity contribution in [3.05, 3.63) is 58.1 Å². The number of imidazole rings is 1. The Labute approximate surface area is 193 Å². The SMILES string of the molecule is Cc1cccnc1[C@@H]1CCC[C@H](c2nc3cccc(N4CCN(C)CC4)n3c2Br)N1C. The van der Waals surface area contributed by atoms with Gasteiger partial charge in [-0.25, -0.2) is 4.98 Å². The molecule has 0 bridgehead atoms. The molecule has 0 amide bonds. The molecule has 164 valence electrons. The van der Waals surface area contributed by atoms with Crippen LogP contribution >= 0.6 is 15.9 Å². The number of fused-ring (bicyclic) bond motifs is 1. The molecule has 0 spiro atoms. The quantitative estimate of drug-likeness (QED) is 0.551. The molecule has 2 atom stereocenters. The summed E-state index contributed by atoms with van der Waals surface area (Å²) in [6.07, 6.45) is 5.36. The van der Waals surface area contributed by atoms with Crippen molar-refractivity contribution in [2.75, 3.05) is 45.2 Å². The lowest BCUT2D eigenvalue weighted by Crippen LogP contribution is -2.45. The van der Waals surface area contributed by atoms with Gasteiger partial charge in [0, 0.05) is 32.4 Å². The van der Waals surface area contributed by atoms with Crippen LogP contribution in [-0.2, 0) is 0 Å². The number of likely N-dealkylation sites (N-methyl/N-ethyl adjacent to an activating group) is 1. The van der Waals surface area contributed by atoms with Crippen LogP contribution in [-0.4, -0.2) is 64.4 Å². The summed E-state index contributed by atoms with van der Waals surface area (Å²) in [4.78, 5) is 17.2. The molecule has 5 heterocycles. The third-order valence-electron chi connectivity index (χ3n) is 7.04. The summed E-state index contributed by atoms with van der Waals surface area (Å²) in [7, 11) is 4.43. The second-order valence-electron chi connectivity index (χ2n) is 8.99. The average molecular weight is 483 g/mol. The van der Waals surface area contributed by atoms with Crippen molar-refractivity contribution in [3.63, 3.8) is 0 Å². The van der Waals surface area contributed by atoms with E-state index in [1.54, 1.807) is 0 Å². The molecule has 7 heteroatoms. The number of nitrogens with zero attached hydrogens (tertiary/aromatic N) is 6. The van der Waals surface area contributed by atoms with Gasteiger partial charge in [0.2, 0.25) is 0 Å². The number of halogens is 1. The average Bonchev–Trinajstić information content (AvgIpc) is 3.12. The van der Waals surface area contributed by atoms with Crippen LogP contribution in [0.25, 0.3) is 5.65 Å². The highest BCUT2D eigenvalue weighted by atomic mass is 79.9. The number of piperidine rings is 1. The largest absolute Gasteiger partial charge is 0.355 e. The molecule has 2 fully saturated rings. The topological polar surface area (TPSA) is 39.9 Å². The number of aryl methyl sites for hydroxylation is 1. The summed E-state index contributed by atoms with van der Waals surface area (Å²) in [5.41, 5.74) is 4.63. The first-order valence-electron chi connectivity index (χ1n) is 11.3. The van der Waals surface area contributed by atoms with Gasteiger partial charge in [-0.2, -0.15) is 0 Å². The molecular weight excluding hydrogens is 452 g/mol. The maximum absolute atomic E-state index is 5.12. The van der Waals surface area contributed by atoms with Crippen LogP contribution in [0.5, 0.6) is 0 Å². The number of piperazine rings is 1. The number of rotatable bonds is 3. The lowest BCUT2D eigenvalue weighted by atomic mass is 9.91. The lowest BCUT2D eigenvalue weighted by molar-refractivity contribution is 0.109. The fraction of sp³-hybridized carbons (Fsp3) is 0.500. The van der Waals surface area contributed by atoms with Crippen LogP contribution in [0.15, 0.2) is 41.1 Å². The van der Waals surface area contributed by atoms with E-state index in [2.05, 4.69) is 80.3 Å². The molecule has 6 nitrogen and oxygen atoms in total. The van der Waals surface area contributed by atoms with Crippen molar-refractivity contribution < 1.29 is 0 Å². The Balaban J connectivity index is 1.51. The van der Waals surface area contributed by atoms with E-state index in [9.17, 15) is 0 Å². The zero-order valence-electron chi connectivity index (χ0n) is 18.6. The second kappa shape index (κ2) is 8.52. The predicted molar refractivity (Wildman–Crippen MR) is 129 cm³/mol. The van der Waals surface area contributed by atoms with Gasteiger partial charge in [-0.1, -0.05) is 12.1 Å². The number of hydrogen-bond donors (Lipinski definition) is 0. The Morgan fingerprint density at radius 3 is 2.42 bits per heavy atom. The molecule has 2 aliphatic heterocycles. The van der Waals surface area contributed by atoms with E-state index >= 15 is 0 Å². The summed E-state index contributed by atoms with van der Waals surface area (Å²) in [5.74, 6) is 1.23. The Morgan fingerprint density at radius 2 is 1.68 bits per heavy atom. The van der Waals surface area contributed by atoms with Crippen LogP contribution in [0.4, 0.5) is 5.82 Å². The zero-order valence-corrected chi connectivity index (χ0v) is 20.2. The van der Waals surface area contributed by atoms with Crippen LogP contribution in [0, 0.1) is 6.92 Å². The lowest BCUT2D eigenvalue weighted by Gasteiger charge is -2.39. The molecule has 5 rings (SSSR count). The highest BCUT2D eigenvalue weighted by Crippen LogP contribution is 2.42. The monoisotopic (exact) mass is 482 g/mol. The normalized spacial score (nSPS) is 23.5. The van der Waals surface area contributed by atoms with Gasteiger partial charge in [-0.15, -0.1) is 0 Å². The molecule has 0 saturated carbocycles. The fourth-order valence-electron chi connectivity index (χ4n) is 5.19. The molecule has 0 N–H and O–H groups in total. The van der Waals surface area contributed by atoms with Crippen molar-refractivity contribution in [2.45, 2.75) is 38.3 Å². The molecule has 0 aromatic carbocycles. The molecule has 0 radical (unpaired) electrons. The third-order valence-corrected chi connectivity index (χ3v) is 7.80. The smallest absolute Gasteiger partial charge is 0.139 e. The van der Waals surface area contributed by atoms with Gasteiger partial charge in [0.15, 0.2) is 0 Å². The Kier molecular flexibility index (Phi) is 5.75. The van der Waals surface area contributed by atoms with Gasteiger partial charge in [0.1, 0.15) is 16.1 Å². The van der Waals surface area contributed by atoms with Gasteiger partial charge in [0.05, 0.1) is 23.5 Å². The highest BCUT2D eigenvalue weighted by molar-refractivity contribution is 9.10. The molecule has 3 aromatic heterocycles. The maximum atomic E-state index is 5.12. The van der Waals surface area contributed by atoms with E-state index in [0.29, 0.717) is 6.04 Å². The first-order valence-corrected chi connectivity index (χ1v) is 12.1. The fourth-order valence-corrected chi connectivity index (χ4v) is 5.90. The molecule has 3 aromatic rings. The van der Waals surface area contributed by atoms with Crippen molar-refractivity contribution >= 4 is 27.4 Å². The Bertz CT molecular complexity index is 1070. The summed E-state index contributed by atoms with van der Waals surface area (Å²) in [5, 5.41) is 0. The van der Waals surface area contributed by atoms with E-state index in [-0.39, 0.29) is 6.04 Å². The van der Waals surface area contributed by atoms with E-state index in [4.69, 9.17) is 9.97 Å². The van der Waals surface area contributed by atoms with Gasteiger partial charge < -0.3 is 9.80 Å². The molecule has 0 unspecified atom stereocenters. The number of hydrogen-bond acceptors (Lipinski definition) is 5. The van der Waals surface area contributed by atoms with Crippen molar-refractivity contribution in [1.29, 1.82) is 0 Å². The molecule has 31 heavy (non-hydrogen) atoms. The molecule has 2 aliphatic rings. The summed E-state index contributed by atoms with van der Waals surface area (Å²) in [6, 6.07) is 11.3. The van der Waals surface area contributed by atoms with Crippen molar-refractivity contribution in [1.82, 2.24) is 24.2 Å². The van der Waals surface area contributed by atoms with Gasteiger partial charge >= 0.3 is 0 Å². The number of pyridine rings is 2. The van der Waals surface area contributed by atoms with E-state index in [0.717, 1.165) is 55.0 Å². The molecular formula is C24H31BrN6. The van der Waals surface area contributed by atoms with Crippen LogP contribution in [0.2, 0.25) is 0 Å². The van der Waals surface area contributed by atoms with Crippen molar-refractivity contribution in [2.24, 2.45) is 0 Å². The highest BCUT2D eigenvalue weighted by Gasteiger charge is 2.34. The second-order valence-corrected chi connectivity index (χ2v) is 9.74. The minimum absolute atomic E-state index is 0.273. The molecule has 0 aliphatic carbocycles. The maximum Gasteiger partial charge on any atom is 0.139 e. The number of anilines is 1. The summed E-state index contributed by atoms with van der Waals surface area (Å²) < 4.78 is 3.39. The zero-order chi connectivity index (χ0) is 21.5. The number of aromatic nitrogens is 3. The van der Waals surface area contributed by atoms with E-state index < -0.39 is 0 Å². The standard InChI is InChI=1S/C24H31BrN6/c1-17-7-6-12-26-22(17)18-8-4-9-19(29(18)3)23-24(25)31-20(27-23)10-5-11-21(31)30-15-13-28(2)14-16-30/h5-7,10-12,18-19H,4,8-9,13-16H2,1-3H3/t18-,19+/m0/s1. The minimum Gasteiger partial charge on any atom is -0.355 e. The Hall–Kier alpha value is -1.96. The van der Waals surface area contributed by atoms with E-state index in [1.807, 2.05) is 12.3 Å². The minimum atomic E-state index is 0.273. The third kappa shape index (κ3) is 3.77. The first kappa shape index (κ1) is 20.9. The first-order chi connectivity index (χ1) is 15.0. The van der Waals surface area contributed by atoms with E-state index in [1.165, 1.54) is 23.5 Å². The van der Waals surface area contributed by atoms with Crippen LogP contribution < -0.4 is 4.90 Å². The van der Waals surface area contributed by atoms with Crippen molar-refractivity contribution in [3.8, 4) is 0 Å². The molecule has 2 saturated heterocycles. The van der Waals surface area contributed by atoms with Gasteiger partial charge in [0.25, 0.3) is 0 Å². The van der Waals surface area contributed by atoms with Crippen LogP contribution in [0.3, 0.4) is 0 Å². The predicted octanol–water partition coefficient (Wildman–Crippen LogP) is 4.45. The van der Waals surface area contributed by atoms with Gasteiger partial charge in [-0.05, 0) is 80.0 Å². The Morgan fingerprint density at radius 1 is 0.935 bits per heavy atom. The summed E-state index contributed by atoms with van der Waals surface area (Å²) >= 11 is 3.96. The van der Waals surface area contributed by atoms with Crippen LogP contribution in [0.1, 0.15) is 48.3 Å². The number of likely N-dealkylation sites (tertiary alicyclic amines) is 1. The van der Waals surface area contributed by atoms with Gasteiger partial charge in [-0.3, -0.25) is 14.3 Å². The summed E-state index contributed by atoms with van der Waals surface area (Å²) in [6.45, 7) is 6.43.